The summed E-state index contributed by atoms with van der Waals surface area (Å²) < 4.78 is 5.13. The van der Waals surface area contributed by atoms with Crippen molar-refractivity contribution in [1.82, 2.24) is 5.32 Å². The minimum absolute atomic E-state index is 0.254. The highest BCUT2D eigenvalue weighted by atomic mass is 16.5. The van der Waals surface area contributed by atoms with Crippen LogP contribution in [-0.4, -0.2) is 42.3 Å². The highest BCUT2D eigenvalue weighted by Gasteiger charge is 2.37. The van der Waals surface area contributed by atoms with Crippen molar-refractivity contribution in [3.8, 4) is 0 Å². The Morgan fingerprint density at radius 1 is 1.24 bits per heavy atom. The van der Waals surface area contributed by atoms with Gasteiger partial charge in [-0.25, -0.2) is 4.79 Å². The number of piperidine rings is 1. The molecule has 1 aromatic rings. The molecule has 6 heteroatoms. The molecule has 2 aliphatic rings. The summed E-state index contributed by atoms with van der Waals surface area (Å²) in [6.45, 7) is 2.93. The topological polar surface area (TPSA) is 87.7 Å². The lowest BCUT2D eigenvalue weighted by atomic mass is 9.72. The number of para-hydroxylation sites is 1. The molecule has 1 saturated heterocycles. The van der Waals surface area contributed by atoms with Crippen LogP contribution in [0.4, 0.5) is 5.69 Å². The van der Waals surface area contributed by atoms with Gasteiger partial charge in [0.15, 0.2) is 0 Å². The number of hydrogen-bond donors (Lipinski definition) is 3. The third-order valence-electron chi connectivity index (χ3n) is 5.38. The first-order valence-corrected chi connectivity index (χ1v) is 9.07. The SMILES string of the molecule is CCOC(=O)c1ccccc1NC1CCC2CNC(C(=O)O)CC2C1. The van der Waals surface area contributed by atoms with Gasteiger partial charge in [-0.15, -0.1) is 0 Å². The van der Waals surface area contributed by atoms with E-state index in [0.717, 1.165) is 31.5 Å². The van der Waals surface area contributed by atoms with E-state index in [1.165, 1.54) is 0 Å². The monoisotopic (exact) mass is 346 g/mol. The maximum atomic E-state index is 12.1. The van der Waals surface area contributed by atoms with Gasteiger partial charge in [0.1, 0.15) is 6.04 Å². The van der Waals surface area contributed by atoms with E-state index in [9.17, 15) is 14.7 Å². The first-order chi connectivity index (χ1) is 12.1. The highest BCUT2D eigenvalue weighted by molar-refractivity contribution is 5.95. The van der Waals surface area contributed by atoms with Gasteiger partial charge in [-0.1, -0.05) is 12.1 Å². The van der Waals surface area contributed by atoms with Crippen molar-refractivity contribution < 1.29 is 19.4 Å². The van der Waals surface area contributed by atoms with Gasteiger partial charge in [-0.3, -0.25) is 4.79 Å². The zero-order valence-electron chi connectivity index (χ0n) is 14.5. The Kier molecular flexibility index (Phi) is 5.58. The largest absolute Gasteiger partial charge is 0.480 e. The molecule has 25 heavy (non-hydrogen) atoms. The number of rotatable bonds is 5. The number of esters is 1. The lowest BCUT2D eigenvalue weighted by Crippen LogP contribution is -2.50. The molecule has 6 nitrogen and oxygen atoms in total. The maximum Gasteiger partial charge on any atom is 0.340 e. The van der Waals surface area contributed by atoms with Crippen LogP contribution in [0.25, 0.3) is 0 Å². The van der Waals surface area contributed by atoms with E-state index >= 15 is 0 Å². The number of nitrogens with one attached hydrogen (secondary N) is 2. The normalized spacial score (nSPS) is 28.7. The molecule has 0 aromatic heterocycles. The molecule has 3 rings (SSSR count). The molecule has 1 aliphatic heterocycles. The van der Waals surface area contributed by atoms with Gasteiger partial charge >= 0.3 is 11.9 Å². The number of carboxylic acids is 1. The average molecular weight is 346 g/mol. The molecule has 3 N–H and O–H groups in total. The van der Waals surface area contributed by atoms with Gasteiger partial charge in [0, 0.05) is 11.7 Å². The summed E-state index contributed by atoms with van der Waals surface area (Å²) in [7, 11) is 0. The van der Waals surface area contributed by atoms with Crippen molar-refractivity contribution >= 4 is 17.6 Å². The molecule has 4 atom stereocenters. The number of carbonyl (C=O) groups is 2. The fraction of sp³-hybridized carbons (Fsp3) is 0.579. The first kappa shape index (κ1) is 17.7. The van der Waals surface area contributed by atoms with Gasteiger partial charge in [0.05, 0.1) is 12.2 Å². The summed E-state index contributed by atoms with van der Waals surface area (Å²) in [5.74, 6) is -0.120. The first-order valence-electron chi connectivity index (χ1n) is 9.07. The van der Waals surface area contributed by atoms with Crippen LogP contribution in [0.15, 0.2) is 24.3 Å². The standard InChI is InChI=1S/C19H26N2O4/c1-2-25-19(24)15-5-3-4-6-16(15)21-14-8-7-12-11-20-17(18(22)23)10-13(12)9-14/h3-6,12-14,17,20-21H,2,7-11H2,1H3,(H,22,23). The number of anilines is 1. The summed E-state index contributed by atoms with van der Waals surface area (Å²) in [5.41, 5.74) is 1.35. The number of hydrogen-bond acceptors (Lipinski definition) is 5. The third kappa shape index (κ3) is 4.12. The predicted molar refractivity (Wildman–Crippen MR) is 94.7 cm³/mol. The summed E-state index contributed by atoms with van der Waals surface area (Å²) in [5, 5.41) is 15.9. The van der Waals surface area contributed by atoms with Crippen LogP contribution in [0.3, 0.4) is 0 Å². The number of aliphatic carboxylic acids is 1. The third-order valence-corrected chi connectivity index (χ3v) is 5.38. The molecule has 0 spiro atoms. The van der Waals surface area contributed by atoms with Crippen LogP contribution in [0.2, 0.25) is 0 Å². The van der Waals surface area contributed by atoms with E-state index < -0.39 is 12.0 Å². The van der Waals surface area contributed by atoms with Gasteiger partial charge in [0.25, 0.3) is 0 Å². The quantitative estimate of drug-likeness (QED) is 0.710. The number of carboxylic acid groups (broad SMARTS) is 1. The van der Waals surface area contributed by atoms with E-state index in [0.29, 0.717) is 30.4 Å². The molecule has 1 aliphatic carbocycles. The lowest BCUT2D eigenvalue weighted by Gasteiger charge is -2.42. The van der Waals surface area contributed by atoms with Crippen LogP contribution < -0.4 is 10.6 Å². The maximum absolute atomic E-state index is 12.1. The van der Waals surface area contributed by atoms with Crippen molar-refractivity contribution in [1.29, 1.82) is 0 Å². The molecule has 0 bridgehead atoms. The summed E-state index contributed by atoms with van der Waals surface area (Å²) >= 11 is 0. The summed E-state index contributed by atoms with van der Waals surface area (Å²) in [6.07, 6.45) is 3.71. The molecular formula is C19H26N2O4. The van der Waals surface area contributed by atoms with Gasteiger partial charge < -0.3 is 20.5 Å². The Morgan fingerprint density at radius 3 is 2.80 bits per heavy atom. The minimum atomic E-state index is -0.763. The van der Waals surface area contributed by atoms with E-state index in [1.807, 2.05) is 18.2 Å². The fourth-order valence-electron chi connectivity index (χ4n) is 4.10. The van der Waals surface area contributed by atoms with Crippen LogP contribution in [0, 0.1) is 11.8 Å². The Labute approximate surface area is 147 Å². The Bertz CT molecular complexity index is 634. The lowest BCUT2D eigenvalue weighted by molar-refractivity contribution is -0.141. The molecule has 4 unspecified atom stereocenters. The molecular weight excluding hydrogens is 320 g/mol. The molecule has 136 valence electrons. The molecule has 0 amide bonds. The van der Waals surface area contributed by atoms with Crippen molar-refractivity contribution in [3.05, 3.63) is 29.8 Å². The number of carbonyl (C=O) groups excluding carboxylic acids is 1. The summed E-state index contributed by atoms with van der Waals surface area (Å²) in [6, 6.07) is 7.23. The zero-order chi connectivity index (χ0) is 17.8. The van der Waals surface area contributed by atoms with Gasteiger partial charge in [0.2, 0.25) is 0 Å². The Morgan fingerprint density at radius 2 is 2.04 bits per heavy atom. The molecule has 2 fully saturated rings. The second-order valence-corrected chi connectivity index (χ2v) is 6.98. The molecule has 1 saturated carbocycles. The van der Waals surface area contributed by atoms with E-state index in [2.05, 4.69) is 10.6 Å². The van der Waals surface area contributed by atoms with Crippen molar-refractivity contribution in [2.24, 2.45) is 11.8 Å². The van der Waals surface area contributed by atoms with Crippen LogP contribution >= 0.6 is 0 Å². The fourth-order valence-corrected chi connectivity index (χ4v) is 4.10. The second kappa shape index (κ2) is 7.87. The summed E-state index contributed by atoms with van der Waals surface area (Å²) in [4.78, 5) is 23.4. The number of ether oxygens (including phenoxy) is 1. The molecule has 0 radical (unpaired) electrons. The Balaban J connectivity index is 1.66. The Hall–Kier alpha value is -2.08. The van der Waals surface area contributed by atoms with Crippen molar-refractivity contribution in [3.63, 3.8) is 0 Å². The zero-order valence-corrected chi connectivity index (χ0v) is 14.5. The van der Waals surface area contributed by atoms with Crippen LogP contribution in [-0.2, 0) is 9.53 Å². The average Bonchev–Trinajstić information content (AvgIpc) is 2.61. The highest BCUT2D eigenvalue weighted by Crippen LogP contribution is 2.37. The van der Waals surface area contributed by atoms with Crippen LogP contribution in [0.5, 0.6) is 0 Å². The number of fused-ring (bicyclic) bond motifs is 1. The number of benzene rings is 1. The second-order valence-electron chi connectivity index (χ2n) is 6.98. The minimum Gasteiger partial charge on any atom is -0.480 e. The molecule has 1 heterocycles. The van der Waals surface area contributed by atoms with Gasteiger partial charge in [-0.05, 0) is 63.1 Å². The molecule has 1 aromatic carbocycles. The van der Waals surface area contributed by atoms with E-state index in [1.54, 1.807) is 13.0 Å². The van der Waals surface area contributed by atoms with E-state index in [-0.39, 0.29) is 12.0 Å². The van der Waals surface area contributed by atoms with Gasteiger partial charge in [-0.2, -0.15) is 0 Å². The smallest absolute Gasteiger partial charge is 0.340 e. The van der Waals surface area contributed by atoms with Crippen LogP contribution in [0.1, 0.15) is 43.0 Å². The van der Waals surface area contributed by atoms with E-state index in [4.69, 9.17) is 4.74 Å². The van der Waals surface area contributed by atoms with Crippen molar-refractivity contribution in [2.45, 2.75) is 44.7 Å². The van der Waals surface area contributed by atoms with Crippen molar-refractivity contribution in [2.75, 3.05) is 18.5 Å². The predicted octanol–water partition coefficient (Wildman–Crippen LogP) is 2.51.